The summed E-state index contributed by atoms with van der Waals surface area (Å²) in [6.45, 7) is 10.6. The van der Waals surface area contributed by atoms with E-state index in [2.05, 4.69) is 31.7 Å². The van der Waals surface area contributed by atoms with Gasteiger partial charge in [-0.3, -0.25) is 4.90 Å². The highest BCUT2D eigenvalue weighted by Crippen LogP contribution is 2.33. The van der Waals surface area contributed by atoms with Gasteiger partial charge in [-0.05, 0) is 52.1 Å². The standard InChI is InChI=1S/C16H28N2O/c1-5-14-6-7-18(15(9-14)10-17)12(3)16-8-11(2)19-13(16)4/h8,12,14-15H,5-7,9-10,17H2,1-4H3. The Hall–Kier alpha value is -0.800. The van der Waals surface area contributed by atoms with Gasteiger partial charge in [-0.25, -0.2) is 0 Å². The van der Waals surface area contributed by atoms with E-state index in [0.717, 1.165) is 30.5 Å². The van der Waals surface area contributed by atoms with Gasteiger partial charge >= 0.3 is 0 Å². The SMILES string of the molecule is CCC1CCN(C(C)c2cc(C)oc2C)C(CN)C1. The van der Waals surface area contributed by atoms with Crippen LogP contribution in [0.3, 0.4) is 0 Å². The smallest absolute Gasteiger partial charge is 0.105 e. The van der Waals surface area contributed by atoms with E-state index in [-0.39, 0.29) is 0 Å². The molecule has 108 valence electrons. The van der Waals surface area contributed by atoms with Crippen LogP contribution in [0.2, 0.25) is 0 Å². The number of furan rings is 1. The van der Waals surface area contributed by atoms with Crippen LogP contribution in [0.1, 0.15) is 56.2 Å². The molecule has 0 saturated carbocycles. The van der Waals surface area contributed by atoms with E-state index in [0.29, 0.717) is 12.1 Å². The van der Waals surface area contributed by atoms with E-state index in [4.69, 9.17) is 10.2 Å². The zero-order chi connectivity index (χ0) is 14.0. The van der Waals surface area contributed by atoms with Gasteiger partial charge in [0.25, 0.3) is 0 Å². The zero-order valence-electron chi connectivity index (χ0n) is 12.8. The molecule has 1 aromatic rings. The van der Waals surface area contributed by atoms with Gasteiger partial charge in [0.1, 0.15) is 11.5 Å². The Morgan fingerprint density at radius 1 is 1.47 bits per heavy atom. The van der Waals surface area contributed by atoms with Crippen molar-refractivity contribution in [3.63, 3.8) is 0 Å². The minimum Gasteiger partial charge on any atom is -0.466 e. The number of hydrogen-bond donors (Lipinski definition) is 1. The molecular weight excluding hydrogens is 236 g/mol. The molecule has 1 aliphatic rings. The van der Waals surface area contributed by atoms with Crippen LogP contribution in [0.15, 0.2) is 10.5 Å². The number of nitrogens with two attached hydrogens (primary N) is 1. The molecule has 0 bridgehead atoms. The van der Waals surface area contributed by atoms with Gasteiger partial charge in [-0.1, -0.05) is 13.3 Å². The molecule has 2 rings (SSSR count). The lowest BCUT2D eigenvalue weighted by molar-refractivity contribution is 0.0767. The highest BCUT2D eigenvalue weighted by atomic mass is 16.3. The van der Waals surface area contributed by atoms with Crippen LogP contribution in [0.4, 0.5) is 0 Å². The van der Waals surface area contributed by atoms with Crippen LogP contribution in [0.5, 0.6) is 0 Å². The molecule has 19 heavy (non-hydrogen) atoms. The van der Waals surface area contributed by atoms with Crippen molar-refractivity contribution in [3.8, 4) is 0 Å². The lowest BCUT2D eigenvalue weighted by atomic mass is 9.87. The summed E-state index contributed by atoms with van der Waals surface area (Å²) in [6.07, 6.45) is 3.82. The van der Waals surface area contributed by atoms with Crippen LogP contribution in [-0.2, 0) is 0 Å². The van der Waals surface area contributed by atoms with E-state index in [9.17, 15) is 0 Å². The molecular formula is C16H28N2O. The largest absolute Gasteiger partial charge is 0.466 e. The molecule has 0 aromatic carbocycles. The maximum absolute atomic E-state index is 6.00. The average Bonchev–Trinajstić information content (AvgIpc) is 2.76. The third-order valence-corrected chi connectivity index (χ3v) is 4.75. The molecule has 3 unspecified atom stereocenters. The van der Waals surface area contributed by atoms with E-state index in [1.807, 2.05) is 6.92 Å². The minimum absolute atomic E-state index is 0.406. The Bertz CT molecular complexity index is 413. The summed E-state index contributed by atoms with van der Waals surface area (Å²) in [6, 6.07) is 3.10. The zero-order valence-corrected chi connectivity index (χ0v) is 12.8. The molecule has 3 atom stereocenters. The highest BCUT2D eigenvalue weighted by molar-refractivity contribution is 5.24. The molecule has 1 aliphatic heterocycles. The number of aryl methyl sites for hydroxylation is 2. The van der Waals surface area contributed by atoms with Gasteiger partial charge < -0.3 is 10.2 Å². The molecule has 3 nitrogen and oxygen atoms in total. The Balaban J connectivity index is 2.14. The number of piperidine rings is 1. The molecule has 2 heterocycles. The van der Waals surface area contributed by atoms with E-state index in [1.165, 1.54) is 24.8 Å². The summed E-state index contributed by atoms with van der Waals surface area (Å²) in [4.78, 5) is 2.57. The lowest BCUT2D eigenvalue weighted by Gasteiger charge is -2.42. The second-order valence-corrected chi connectivity index (χ2v) is 5.97. The predicted octanol–water partition coefficient (Wildman–Crippen LogP) is 3.41. The molecule has 1 aromatic heterocycles. The quantitative estimate of drug-likeness (QED) is 0.906. The summed E-state index contributed by atoms with van der Waals surface area (Å²) < 4.78 is 5.68. The van der Waals surface area contributed by atoms with Gasteiger partial charge in [-0.2, -0.15) is 0 Å². The maximum Gasteiger partial charge on any atom is 0.105 e. The minimum atomic E-state index is 0.406. The third-order valence-electron chi connectivity index (χ3n) is 4.75. The number of rotatable bonds is 4. The van der Waals surface area contributed by atoms with Gasteiger partial charge in [0, 0.05) is 24.2 Å². The molecule has 2 N–H and O–H groups in total. The fourth-order valence-electron chi connectivity index (χ4n) is 3.51. The van der Waals surface area contributed by atoms with E-state index >= 15 is 0 Å². The summed E-state index contributed by atoms with van der Waals surface area (Å²) in [5.74, 6) is 2.91. The first-order chi connectivity index (χ1) is 9.06. The average molecular weight is 264 g/mol. The molecule has 1 saturated heterocycles. The first-order valence-corrected chi connectivity index (χ1v) is 7.59. The topological polar surface area (TPSA) is 42.4 Å². The monoisotopic (exact) mass is 264 g/mol. The normalized spacial score (nSPS) is 26.6. The van der Waals surface area contributed by atoms with E-state index in [1.54, 1.807) is 0 Å². The van der Waals surface area contributed by atoms with Gasteiger partial charge in [-0.15, -0.1) is 0 Å². The van der Waals surface area contributed by atoms with Crippen molar-refractivity contribution >= 4 is 0 Å². The summed E-state index contributed by atoms with van der Waals surface area (Å²) in [5.41, 5.74) is 7.33. The number of nitrogens with zero attached hydrogens (tertiary/aromatic N) is 1. The number of likely N-dealkylation sites (tertiary alicyclic amines) is 1. The van der Waals surface area contributed by atoms with Crippen LogP contribution < -0.4 is 5.73 Å². The molecule has 0 amide bonds. The van der Waals surface area contributed by atoms with Crippen LogP contribution >= 0.6 is 0 Å². The van der Waals surface area contributed by atoms with Gasteiger partial charge in [0.15, 0.2) is 0 Å². The molecule has 0 radical (unpaired) electrons. The molecule has 0 aliphatic carbocycles. The van der Waals surface area contributed by atoms with Crippen molar-refractivity contribution in [2.75, 3.05) is 13.1 Å². The van der Waals surface area contributed by atoms with Gasteiger partial charge in [0.2, 0.25) is 0 Å². The third kappa shape index (κ3) is 3.03. The summed E-state index contributed by atoms with van der Waals surface area (Å²) >= 11 is 0. The van der Waals surface area contributed by atoms with Crippen molar-refractivity contribution in [3.05, 3.63) is 23.2 Å². The van der Waals surface area contributed by atoms with Crippen molar-refractivity contribution in [2.24, 2.45) is 11.7 Å². The van der Waals surface area contributed by atoms with Crippen molar-refractivity contribution in [2.45, 2.75) is 59.0 Å². The lowest BCUT2D eigenvalue weighted by Crippen LogP contribution is -2.47. The Kier molecular flexibility index (Phi) is 4.69. The molecule has 3 heteroatoms. The summed E-state index contributed by atoms with van der Waals surface area (Å²) in [5, 5.41) is 0. The Morgan fingerprint density at radius 3 is 2.74 bits per heavy atom. The predicted molar refractivity (Wildman–Crippen MR) is 79.2 cm³/mol. The number of hydrogen-bond acceptors (Lipinski definition) is 3. The molecule has 1 fully saturated rings. The molecule has 0 spiro atoms. The Labute approximate surface area is 117 Å². The maximum atomic E-state index is 6.00. The fourth-order valence-corrected chi connectivity index (χ4v) is 3.51. The highest BCUT2D eigenvalue weighted by Gasteiger charge is 2.31. The van der Waals surface area contributed by atoms with Crippen LogP contribution in [-0.4, -0.2) is 24.0 Å². The first-order valence-electron chi connectivity index (χ1n) is 7.59. The van der Waals surface area contributed by atoms with E-state index < -0.39 is 0 Å². The summed E-state index contributed by atoms with van der Waals surface area (Å²) in [7, 11) is 0. The second-order valence-electron chi connectivity index (χ2n) is 5.97. The van der Waals surface area contributed by atoms with Crippen LogP contribution in [0.25, 0.3) is 0 Å². The fraction of sp³-hybridized carbons (Fsp3) is 0.750. The van der Waals surface area contributed by atoms with Crippen LogP contribution in [0, 0.1) is 19.8 Å². The van der Waals surface area contributed by atoms with Crippen molar-refractivity contribution in [1.82, 2.24) is 4.90 Å². The Morgan fingerprint density at radius 2 is 2.21 bits per heavy atom. The van der Waals surface area contributed by atoms with Crippen molar-refractivity contribution in [1.29, 1.82) is 0 Å². The van der Waals surface area contributed by atoms with Crippen molar-refractivity contribution < 1.29 is 4.42 Å². The van der Waals surface area contributed by atoms with Gasteiger partial charge in [0.05, 0.1) is 0 Å². The first kappa shape index (κ1) is 14.6. The second kappa shape index (κ2) is 6.10.